The van der Waals surface area contributed by atoms with Crippen LogP contribution in [0.3, 0.4) is 0 Å². The lowest BCUT2D eigenvalue weighted by atomic mass is 9.98. The van der Waals surface area contributed by atoms with Crippen molar-refractivity contribution in [2.24, 2.45) is 0 Å². The minimum Gasteiger partial charge on any atom is -0.394 e. The second-order valence-electron chi connectivity index (χ2n) is 5.61. The molecule has 0 saturated heterocycles. The van der Waals surface area contributed by atoms with Crippen LogP contribution in [0.4, 0.5) is 0 Å². The first-order chi connectivity index (χ1) is 7.50. The van der Waals surface area contributed by atoms with Crippen molar-refractivity contribution in [1.82, 2.24) is 10.2 Å². The largest absolute Gasteiger partial charge is 0.394 e. The molecule has 96 valence electrons. The van der Waals surface area contributed by atoms with Crippen molar-refractivity contribution in [2.75, 3.05) is 19.7 Å². The van der Waals surface area contributed by atoms with Crippen LogP contribution in [0, 0.1) is 0 Å². The fourth-order valence-corrected chi connectivity index (χ4v) is 2.09. The number of rotatable bonds is 8. The van der Waals surface area contributed by atoms with E-state index >= 15 is 0 Å². The summed E-state index contributed by atoms with van der Waals surface area (Å²) in [6.45, 7) is 11.2. The molecule has 0 aromatic rings. The maximum atomic E-state index is 9.51. The smallest absolute Gasteiger partial charge is 0.0611 e. The summed E-state index contributed by atoms with van der Waals surface area (Å²) in [6, 6.07) is 1.25. The van der Waals surface area contributed by atoms with Crippen LogP contribution in [0.5, 0.6) is 0 Å². The molecular weight excluding hydrogens is 200 g/mol. The van der Waals surface area contributed by atoms with E-state index in [1.165, 1.54) is 12.8 Å². The van der Waals surface area contributed by atoms with E-state index in [4.69, 9.17) is 0 Å². The molecule has 3 nitrogen and oxygen atoms in total. The van der Waals surface area contributed by atoms with Crippen molar-refractivity contribution in [1.29, 1.82) is 0 Å². The molecule has 0 aromatic heterocycles. The molecule has 1 fully saturated rings. The van der Waals surface area contributed by atoms with Crippen molar-refractivity contribution >= 4 is 0 Å². The molecule has 1 atom stereocenters. The van der Waals surface area contributed by atoms with E-state index in [2.05, 4.69) is 37.9 Å². The van der Waals surface area contributed by atoms with Crippen LogP contribution in [0.25, 0.3) is 0 Å². The Labute approximate surface area is 100 Å². The minimum atomic E-state index is -0.0938. The number of aliphatic hydroxyl groups excluding tert-OH is 1. The minimum absolute atomic E-state index is 0.0938. The summed E-state index contributed by atoms with van der Waals surface area (Å²) in [5.74, 6) is 0. The Morgan fingerprint density at radius 2 is 2.06 bits per heavy atom. The predicted molar refractivity (Wildman–Crippen MR) is 68.6 cm³/mol. The van der Waals surface area contributed by atoms with Gasteiger partial charge in [-0.05, 0) is 46.6 Å². The van der Waals surface area contributed by atoms with Crippen LogP contribution in [0.1, 0.15) is 47.0 Å². The highest BCUT2D eigenvalue weighted by molar-refractivity contribution is 4.92. The van der Waals surface area contributed by atoms with Gasteiger partial charge in [0, 0.05) is 24.2 Å². The molecule has 0 aliphatic heterocycles. The molecule has 2 N–H and O–H groups in total. The lowest BCUT2D eigenvalue weighted by molar-refractivity contribution is 0.135. The summed E-state index contributed by atoms with van der Waals surface area (Å²) in [4.78, 5) is 2.45. The average molecular weight is 228 g/mol. The van der Waals surface area contributed by atoms with E-state index in [-0.39, 0.29) is 12.1 Å². The van der Waals surface area contributed by atoms with Gasteiger partial charge in [-0.25, -0.2) is 0 Å². The predicted octanol–water partition coefficient (Wildman–Crippen LogP) is 1.61. The van der Waals surface area contributed by atoms with Crippen molar-refractivity contribution in [3.63, 3.8) is 0 Å². The maximum Gasteiger partial charge on any atom is 0.0611 e. The molecule has 0 aromatic carbocycles. The SMILES string of the molecule is CCN(CCC(C)(CO)NC1CC1)C(C)C. The van der Waals surface area contributed by atoms with Crippen molar-refractivity contribution < 1.29 is 5.11 Å². The molecule has 1 saturated carbocycles. The molecule has 0 spiro atoms. The first-order valence-electron chi connectivity index (χ1n) is 6.63. The van der Waals surface area contributed by atoms with E-state index in [1.807, 2.05) is 0 Å². The highest BCUT2D eigenvalue weighted by Crippen LogP contribution is 2.24. The van der Waals surface area contributed by atoms with Gasteiger partial charge in [0.05, 0.1) is 6.61 Å². The van der Waals surface area contributed by atoms with E-state index in [0.29, 0.717) is 12.1 Å². The van der Waals surface area contributed by atoms with Gasteiger partial charge in [-0.2, -0.15) is 0 Å². The zero-order valence-corrected chi connectivity index (χ0v) is 11.3. The van der Waals surface area contributed by atoms with Gasteiger partial charge in [-0.3, -0.25) is 0 Å². The third-order valence-electron chi connectivity index (χ3n) is 3.57. The summed E-state index contributed by atoms with van der Waals surface area (Å²) < 4.78 is 0. The van der Waals surface area contributed by atoms with Crippen LogP contribution in [-0.2, 0) is 0 Å². The van der Waals surface area contributed by atoms with E-state index in [9.17, 15) is 5.11 Å². The van der Waals surface area contributed by atoms with Gasteiger partial charge >= 0.3 is 0 Å². The van der Waals surface area contributed by atoms with Crippen molar-refractivity contribution in [3.8, 4) is 0 Å². The molecule has 0 heterocycles. The normalized spacial score (nSPS) is 20.4. The summed E-state index contributed by atoms with van der Waals surface area (Å²) in [5.41, 5.74) is -0.0938. The lowest BCUT2D eigenvalue weighted by Gasteiger charge is -2.33. The highest BCUT2D eigenvalue weighted by Gasteiger charge is 2.32. The Balaban J connectivity index is 2.36. The fourth-order valence-electron chi connectivity index (χ4n) is 2.09. The number of nitrogens with zero attached hydrogens (tertiary/aromatic N) is 1. The Bertz CT molecular complexity index is 204. The number of aliphatic hydroxyl groups is 1. The van der Waals surface area contributed by atoms with Crippen LogP contribution in [0.15, 0.2) is 0 Å². The second-order valence-corrected chi connectivity index (χ2v) is 5.61. The monoisotopic (exact) mass is 228 g/mol. The second kappa shape index (κ2) is 5.99. The molecule has 0 amide bonds. The van der Waals surface area contributed by atoms with E-state index in [0.717, 1.165) is 19.5 Å². The zero-order chi connectivity index (χ0) is 12.2. The van der Waals surface area contributed by atoms with E-state index < -0.39 is 0 Å². The molecule has 1 aliphatic carbocycles. The van der Waals surface area contributed by atoms with Gasteiger partial charge in [0.1, 0.15) is 0 Å². The fraction of sp³-hybridized carbons (Fsp3) is 1.00. The molecule has 3 heteroatoms. The van der Waals surface area contributed by atoms with Gasteiger partial charge in [-0.1, -0.05) is 6.92 Å². The van der Waals surface area contributed by atoms with Crippen LogP contribution in [0.2, 0.25) is 0 Å². The lowest BCUT2D eigenvalue weighted by Crippen LogP contribution is -2.49. The van der Waals surface area contributed by atoms with Crippen LogP contribution < -0.4 is 5.32 Å². The first-order valence-corrected chi connectivity index (χ1v) is 6.63. The van der Waals surface area contributed by atoms with Gasteiger partial charge in [0.2, 0.25) is 0 Å². The maximum absolute atomic E-state index is 9.51. The van der Waals surface area contributed by atoms with E-state index in [1.54, 1.807) is 0 Å². The number of hydrogen-bond acceptors (Lipinski definition) is 3. The van der Waals surface area contributed by atoms with Crippen LogP contribution >= 0.6 is 0 Å². The summed E-state index contributed by atoms with van der Waals surface area (Å²) in [5, 5.41) is 13.1. The standard InChI is InChI=1S/C13H28N2O/c1-5-15(11(2)3)9-8-13(4,10-16)14-12-6-7-12/h11-12,14,16H,5-10H2,1-4H3. The third-order valence-corrected chi connectivity index (χ3v) is 3.57. The molecule has 1 rings (SSSR count). The van der Waals surface area contributed by atoms with Crippen molar-refractivity contribution in [3.05, 3.63) is 0 Å². The molecule has 0 bridgehead atoms. The molecule has 0 radical (unpaired) electrons. The highest BCUT2D eigenvalue weighted by atomic mass is 16.3. The van der Waals surface area contributed by atoms with Gasteiger partial charge in [0.25, 0.3) is 0 Å². The number of hydrogen-bond donors (Lipinski definition) is 2. The molecule has 1 unspecified atom stereocenters. The molecular formula is C13H28N2O. The third kappa shape index (κ3) is 4.40. The quantitative estimate of drug-likeness (QED) is 0.662. The average Bonchev–Trinajstić information content (AvgIpc) is 3.02. The van der Waals surface area contributed by atoms with Crippen molar-refractivity contribution in [2.45, 2.75) is 64.6 Å². The summed E-state index contributed by atoms with van der Waals surface area (Å²) in [7, 11) is 0. The van der Waals surface area contributed by atoms with Gasteiger partial charge in [-0.15, -0.1) is 0 Å². The molecule has 1 aliphatic rings. The Morgan fingerprint density at radius 3 is 2.44 bits per heavy atom. The summed E-state index contributed by atoms with van der Waals surface area (Å²) in [6.07, 6.45) is 3.57. The Hall–Kier alpha value is -0.120. The number of nitrogens with one attached hydrogen (secondary N) is 1. The topological polar surface area (TPSA) is 35.5 Å². The summed E-state index contributed by atoms with van der Waals surface area (Å²) >= 11 is 0. The van der Waals surface area contributed by atoms with Crippen LogP contribution in [-0.4, -0.2) is 47.3 Å². The zero-order valence-electron chi connectivity index (χ0n) is 11.3. The van der Waals surface area contributed by atoms with Gasteiger partial charge in [0.15, 0.2) is 0 Å². The Kier molecular flexibility index (Phi) is 5.22. The van der Waals surface area contributed by atoms with Gasteiger partial charge < -0.3 is 15.3 Å². The Morgan fingerprint density at radius 1 is 1.44 bits per heavy atom. The first kappa shape index (κ1) is 13.9. The molecule has 16 heavy (non-hydrogen) atoms.